The van der Waals surface area contributed by atoms with Crippen molar-refractivity contribution in [1.29, 1.82) is 0 Å². The SMILES string of the molecule is O=C(CCc1ccccc1)NC1CCN(C(=O)c2cc3cc(Br)ccc3o2)CC1. The number of nitrogens with one attached hydrogen (secondary N) is 1. The summed E-state index contributed by atoms with van der Waals surface area (Å²) in [4.78, 5) is 26.8. The number of amides is 2. The number of hydrogen-bond acceptors (Lipinski definition) is 3. The summed E-state index contributed by atoms with van der Waals surface area (Å²) in [7, 11) is 0. The molecule has 1 aromatic heterocycles. The Morgan fingerprint density at radius 3 is 2.59 bits per heavy atom. The van der Waals surface area contributed by atoms with Crippen molar-refractivity contribution in [3.63, 3.8) is 0 Å². The molecule has 2 amide bonds. The minimum atomic E-state index is -0.0915. The van der Waals surface area contributed by atoms with E-state index in [2.05, 4.69) is 21.2 Å². The second kappa shape index (κ2) is 8.82. The highest BCUT2D eigenvalue weighted by atomic mass is 79.9. The highest BCUT2D eigenvalue weighted by Crippen LogP contribution is 2.25. The van der Waals surface area contributed by atoms with Gasteiger partial charge in [0.1, 0.15) is 5.58 Å². The number of benzene rings is 2. The normalized spacial score (nSPS) is 14.9. The van der Waals surface area contributed by atoms with Crippen LogP contribution >= 0.6 is 15.9 Å². The van der Waals surface area contributed by atoms with Crippen LogP contribution < -0.4 is 5.32 Å². The maximum absolute atomic E-state index is 12.8. The van der Waals surface area contributed by atoms with Gasteiger partial charge in [-0.1, -0.05) is 46.3 Å². The molecule has 6 heteroatoms. The third-order valence-corrected chi connectivity index (χ3v) is 5.81. The van der Waals surface area contributed by atoms with Gasteiger partial charge in [0, 0.05) is 35.4 Å². The fraction of sp³-hybridized carbons (Fsp3) is 0.304. The Bertz CT molecular complexity index is 1010. The number of carbonyl (C=O) groups is 2. The highest BCUT2D eigenvalue weighted by Gasteiger charge is 2.26. The van der Waals surface area contributed by atoms with Crippen LogP contribution in [0.4, 0.5) is 0 Å². The first-order valence-corrected chi connectivity index (χ1v) is 10.7. The quantitative estimate of drug-likeness (QED) is 0.614. The van der Waals surface area contributed by atoms with Gasteiger partial charge in [0.05, 0.1) is 0 Å². The molecular formula is C23H23BrN2O3. The lowest BCUT2D eigenvalue weighted by molar-refractivity contribution is -0.122. The van der Waals surface area contributed by atoms with Gasteiger partial charge in [0.15, 0.2) is 5.76 Å². The number of halogens is 1. The lowest BCUT2D eigenvalue weighted by Gasteiger charge is -2.31. The number of fused-ring (bicyclic) bond motifs is 1. The van der Waals surface area contributed by atoms with Crippen LogP contribution in [0.2, 0.25) is 0 Å². The van der Waals surface area contributed by atoms with Gasteiger partial charge in [0.2, 0.25) is 5.91 Å². The molecule has 0 atom stereocenters. The molecule has 2 heterocycles. The smallest absolute Gasteiger partial charge is 0.289 e. The second-order valence-corrected chi connectivity index (χ2v) is 8.33. The summed E-state index contributed by atoms with van der Waals surface area (Å²) >= 11 is 3.43. The number of likely N-dealkylation sites (tertiary alicyclic amines) is 1. The van der Waals surface area contributed by atoms with Crippen molar-refractivity contribution in [3.05, 3.63) is 70.4 Å². The van der Waals surface area contributed by atoms with Gasteiger partial charge in [-0.2, -0.15) is 0 Å². The topological polar surface area (TPSA) is 62.6 Å². The molecule has 29 heavy (non-hydrogen) atoms. The number of carbonyl (C=O) groups excluding carboxylic acids is 2. The predicted octanol–water partition coefficient (Wildman–Crippen LogP) is 4.55. The summed E-state index contributed by atoms with van der Waals surface area (Å²) in [6.07, 6.45) is 2.74. The maximum Gasteiger partial charge on any atom is 0.289 e. The van der Waals surface area contributed by atoms with Crippen molar-refractivity contribution < 1.29 is 14.0 Å². The van der Waals surface area contributed by atoms with E-state index in [4.69, 9.17) is 4.42 Å². The molecule has 0 spiro atoms. The molecule has 0 radical (unpaired) electrons. The lowest BCUT2D eigenvalue weighted by Crippen LogP contribution is -2.46. The fourth-order valence-electron chi connectivity index (χ4n) is 3.70. The first-order chi connectivity index (χ1) is 14.1. The second-order valence-electron chi connectivity index (χ2n) is 7.41. The van der Waals surface area contributed by atoms with Gasteiger partial charge in [-0.05, 0) is 49.1 Å². The number of nitrogens with zero attached hydrogens (tertiary/aromatic N) is 1. The largest absolute Gasteiger partial charge is 0.451 e. The van der Waals surface area contributed by atoms with Crippen LogP contribution in [0, 0.1) is 0 Å². The van der Waals surface area contributed by atoms with E-state index < -0.39 is 0 Å². The number of piperidine rings is 1. The Kier molecular flexibility index (Phi) is 6.00. The van der Waals surface area contributed by atoms with Gasteiger partial charge < -0.3 is 14.6 Å². The van der Waals surface area contributed by atoms with Crippen LogP contribution in [-0.2, 0) is 11.2 Å². The molecule has 1 aliphatic heterocycles. The lowest BCUT2D eigenvalue weighted by atomic mass is 10.0. The van der Waals surface area contributed by atoms with E-state index in [0.29, 0.717) is 30.9 Å². The summed E-state index contributed by atoms with van der Waals surface area (Å²) < 4.78 is 6.67. The van der Waals surface area contributed by atoms with Crippen molar-refractivity contribution in [1.82, 2.24) is 10.2 Å². The molecule has 3 aromatic rings. The van der Waals surface area contributed by atoms with Crippen molar-refractivity contribution in [2.45, 2.75) is 31.7 Å². The number of furan rings is 1. The van der Waals surface area contributed by atoms with Crippen molar-refractivity contribution >= 4 is 38.7 Å². The fourth-order valence-corrected chi connectivity index (χ4v) is 4.08. The molecule has 0 aliphatic carbocycles. The average Bonchev–Trinajstić information content (AvgIpc) is 3.16. The monoisotopic (exact) mass is 454 g/mol. The molecule has 5 nitrogen and oxygen atoms in total. The van der Waals surface area contributed by atoms with Gasteiger partial charge in [-0.3, -0.25) is 9.59 Å². The summed E-state index contributed by atoms with van der Waals surface area (Å²) in [5.41, 5.74) is 1.87. The number of aryl methyl sites for hydroxylation is 1. The summed E-state index contributed by atoms with van der Waals surface area (Å²) in [6, 6.07) is 17.6. The van der Waals surface area contributed by atoms with Crippen LogP contribution in [0.5, 0.6) is 0 Å². The molecule has 4 rings (SSSR count). The first-order valence-electron chi connectivity index (χ1n) is 9.90. The standard InChI is InChI=1S/C23H23BrN2O3/c24-18-7-8-20-17(14-18)15-21(29-20)23(28)26-12-10-19(11-13-26)25-22(27)9-6-16-4-2-1-3-5-16/h1-5,7-8,14-15,19H,6,9-13H2,(H,25,27). The van der Waals surface area contributed by atoms with Crippen LogP contribution in [0.1, 0.15) is 35.4 Å². The third kappa shape index (κ3) is 4.88. The Hall–Kier alpha value is -2.60. The molecular weight excluding hydrogens is 432 g/mol. The van der Waals surface area contributed by atoms with Gasteiger partial charge in [0.25, 0.3) is 5.91 Å². The molecule has 150 valence electrons. The van der Waals surface area contributed by atoms with E-state index in [-0.39, 0.29) is 17.9 Å². The highest BCUT2D eigenvalue weighted by molar-refractivity contribution is 9.10. The molecule has 1 saturated heterocycles. The first kappa shape index (κ1) is 19.7. The minimum absolute atomic E-state index is 0.0708. The number of rotatable bonds is 5. The van der Waals surface area contributed by atoms with Crippen LogP contribution in [0.15, 0.2) is 63.5 Å². The molecule has 2 aromatic carbocycles. The third-order valence-electron chi connectivity index (χ3n) is 5.32. The summed E-state index contributed by atoms with van der Waals surface area (Å²) in [5, 5.41) is 4.02. The Labute approximate surface area is 178 Å². The zero-order valence-electron chi connectivity index (χ0n) is 16.1. The van der Waals surface area contributed by atoms with E-state index in [1.54, 1.807) is 11.0 Å². The van der Waals surface area contributed by atoms with Crippen molar-refractivity contribution in [2.24, 2.45) is 0 Å². The molecule has 0 unspecified atom stereocenters. The maximum atomic E-state index is 12.8. The molecule has 1 aliphatic rings. The van der Waals surface area contributed by atoms with Gasteiger partial charge >= 0.3 is 0 Å². The van der Waals surface area contributed by atoms with E-state index in [1.807, 2.05) is 48.5 Å². The Morgan fingerprint density at radius 2 is 1.83 bits per heavy atom. The van der Waals surface area contributed by atoms with Crippen LogP contribution in [0.25, 0.3) is 11.0 Å². The van der Waals surface area contributed by atoms with E-state index in [9.17, 15) is 9.59 Å². The summed E-state index contributed by atoms with van der Waals surface area (Å²) in [5.74, 6) is 0.344. The van der Waals surface area contributed by atoms with Gasteiger partial charge in [-0.25, -0.2) is 0 Å². The van der Waals surface area contributed by atoms with Gasteiger partial charge in [-0.15, -0.1) is 0 Å². The summed E-state index contributed by atoms with van der Waals surface area (Å²) in [6.45, 7) is 1.23. The van der Waals surface area contributed by atoms with Crippen molar-refractivity contribution in [3.8, 4) is 0 Å². The van der Waals surface area contributed by atoms with Crippen LogP contribution in [-0.4, -0.2) is 35.8 Å². The zero-order valence-corrected chi connectivity index (χ0v) is 17.7. The predicted molar refractivity (Wildman–Crippen MR) is 116 cm³/mol. The number of hydrogen-bond donors (Lipinski definition) is 1. The van der Waals surface area contributed by atoms with Crippen LogP contribution in [0.3, 0.4) is 0 Å². The van der Waals surface area contributed by atoms with Crippen molar-refractivity contribution in [2.75, 3.05) is 13.1 Å². The molecule has 1 N–H and O–H groups in total. The Morgan fingerprint density at radius 1 is 1.07 bits per heavy atom. The molecule has 1 fully saturated rings. The average molecular weight is 455 g/mol. The molecule has 0 saturated carbocycles. The zero-order chi connectivity index (χ0) is 20.2. The van der Waals surface area contributed by atoms with E-state index >= 15 is 0 Å². The minimum Gasteiger partial charge on any atom is -0.451 e. The Balaban J connectivity index is 1.27. The van der Waals surface area contributed by atoms with E-state index in [1.165, 1.54) is 5.56 Å². The van der Waals surface area contributed by atoms with E-state index in [0.717, 1.165) is 29.1 Å². The molecule has 0 bridgehead atoms.